The van der Waals surface area contributed by atoms with Gasteiger partial charge >= 0.3 is 0 Å². The highest BCUT2D eigenvalue weighted by molar-refractivity contribution is 7.80. The van der Waals surface area contributed by atoms with Gasteiger partial charge in [0.1, 0.15) is 0 Å². The van der Waals surface area contributed by atoms with Crippen LogP contribution in [0.2, 0.25) is 0 Å². The Morgan fingerprint density at radius 1 is 1.55 bits per heavy atom. The molecule has 2 bridgehead atoms. The van der Waals surface area contributed by atoms with E-state index in [9.17, 15) is 0 Å². The van der Waals surface area contributed by atoms with Crippen molar-refractivity contribution in [2.24, 2.45) is 5.73 Å². The SMILES string of the molecule is NC(=S)NC1CC2CCC1O2. The summed E-state index contributed by atoms with van der Waals surface area (Å²) in [6, 6.07) is 0.381. The molecule has 2 heterocycles. The molecular formula is C7H12N2OS. The lowest BCUT2D eigenvalue weighted by molar-refractivity contribution is 0.0993. The number of nitrogens with one attached hydrogen (secondary N) is 1. The minimum Gasteiger partial charge on any atom is -0.376 e. The minimum atomic E-state index is 0.362. The third kappa shape index (κ3) is 1.32. The highest BCUT2D eigenvalue weighted by Crippen LogP contribution is 2.34. The topological polar surface area (TPSA) is 47.3 Å². The number of nitrogens with two attached hydrogens (primary N) is 1. The highest BCUT2D eigenvalue weighted by atomic mass is 32.1. The summed E-state index contributed by atoms with van der Waals surface area (Å²) < 4.78 is 5.61. The Bertz CT molecular complexity index is 185. The maximum Gasteiger partial charge on any atom is 0.163 e. The summed E-state index contributed by atoms with van der Waals surface area (Å²) in [5, 5.41) is 3.45. The fourth-order valence-corrected chi connectivity index (χ4v) is 2.12. The second kappa shape index (κ2) is 2.60. The lowest BCUT2D eigenvalue weighted by Crippen LogP contribution is -2.43. The first-order chi connectivity index (χ1) is 5.25. The zero-order valence-corrected chi connectivity index (χ0v) is 7.06. The first-order valence-electron chi connectivity index (χ1n) is 3.97. The molecule has 4 heteroatoms. The third-order valence-electron chi connectivity index (χ3n) is 2.43. The van der Waals surface area contributed by atoms with E-state index >= 15 is 0 Å². The molecule has 0 radical (unpaired) electrons. The van der Waals surface area contributed by atoms with Gasteiger partial charge in [-0.2, -0.15) is 0 Å². The van der Waals surface area contributed by atoms with Gasteiger partial charge in [-0.05, 0) is 31.5 Å². The van der Waals surface area contributed by atoms with Gasteiger partial charge in [-0.3, -0.25) is 0 Å². The molecule has 2 aliphatic rings. The largest absolute Gasteiger partial charge is 0.376 e. The maximum atomic E-state index is 5.61. The number of ether oxygens (including phenoxy) is 1. The van der Waals surface area contributed by atoms with Crippen LogP contribution in [0, 0.1) is 0 Å². The van der Waals surface area contributed by atoms with E-state index in [2.05, 4.69) is 5.32 Å². The quantitative estimate of drug-likeness (QED) is 0.552. The van der Waals surface area contributed by atoms with Gasteiger partial charge in [0.2, 0.25) is 0 Å². The van der Waals surface area contributed by atoms with E-state index in [4.69, 9.17) is 22.7 Å². The number of fused-ring (bicyclic) bond motifs is 2. The normalized spacial score (nSPS) is 40.9. The lowest BCUT2D eigenvalue weighted by Gasteiger charge is -2.19. The van der Waals surface area contributed by atoms with Crippen LogP contribution in [0.25, 0.3) is 0 Å². The molecule has 3 N–H and O–H groups in total. The Morgan fingerprint density at radius 3 is 2.82 bits per heavy atom. The van der Waals surface area contributed by atoms with Crippen LogP contribution >= 0.6 is 12.2 Å². The molecular weight excluding hydrogens is 160 g/mol. The monoisotopic (exact) mass is 172 g/mol. The van der Waals surface area contributed by atoms with E-state index in [1.54, 1.807) is 0 Å². The average Bonchev–Trinajstić information content (AvgIpc) is 2.45. The zero-order valence-electron chi connectivity index (χ0n) is 6.25. The van der Waals surface area contributed by atoms with Crippen molar-refractivity contribution in [2.75, 3.05) is 0 Å². The van der Waals surface area contributed by atoms with Crippen LogP contribution in [0.3, 0.4) is 0 Å². The van der Waals surface area contributed by atoms with Gasteiger partial charge in [0, 0.05) is 0 Å². The number of rotatable bonds is 1. The van der Waals surface area contributed by atoms with Gasteiger partial charge in [-0.15, -0.1) is 0 Å². The third-order valence-corrected chi connectivity index (χ3v) is 2.55. The summed E-state index contributed by atoms with van der Waals surface area (Å²) in [4.78, 5) is 0. The van der Waals surface area contributed by atoms with Crippen molar-refractivity contribution in [3.8, 4) is 0 Å². The van der Waals surface area contributed by atoms with E-state index in [0.717, 1.165) is 12.8 Å². The smallest absolute Gasteiger partial charge is 0.163 e. The Morgan fingerprint density at radius 2 is 2.36 bits per heavy atom. The van der Waals surface area contributed by atoms with E-state index < -0.39 is 0 Å². The molecule has 2 saturated heterocycles. The van der Waals surface area contributed by atoms with Gasteiger partial charge in [0.15, 0.2) is 5.11 Å². The average molecular weight is 172 g/mol. The molecule has 0 aliphatic carbocycles. The molecule has 0 saturated carbocycles. The molecule has 2 fully saturated rings. The molecule has 11 heavy (non-hydrogen) atoms. The van der Waals surface area contributed by atoms with Crippen LogP contribution in [-0.4, -0.2) is 23.4 Å². The van der Waals surface area contributed by atoms with Crippen molar-refractivity contribution < 1.29 is 4.74 Å². The Kier molecular flexibility index (Phi) is 1.73. The first kappa shape index (κ1) is 7.31. The van der Waals surface area contributed by atoms with Crippen LogP contribution in [0.1, 0.15) is 19.3 Å². The molecule has 2 rings (SSSR count). The van der Waals surface area contributed by atoms with Gasteiger partial charge in [0.25, 0.3) is 0 Å². The fraction of sp³-hybridized carbons (Fsp3) is 0.857. The first-order valence-corrected chi connectivity index (χ1v) is 4.38. The second-order valence-electron chi connectivity index (χ2n) is 3.22. The highest BCUT2D eigenvalue weighted by Gasteiger charge is 2.40. The Balaban J connectivity index is 1.92. The van der Waals surface area contributed by atoms with Crippen LogP contribution in [-0.2, 0) is 4.74 Å². The van der Waals surface area contributed by atoms with Crippen molar-refractivity contribution in [3.05, 3.63) is 0 Å². The molecule has 3 nitrogen and oxygen atoms in total. The molecule has 3 unspecified atom stereocenters. The van der Waals surface area contributed by atoms with Gasteiger partial charge in [-0.25, -0.2) is 0 Å². The number of hydrogen-bond acceptors (Lipinski definition) is 2. The Labute approximate surface area is 71.3 Å². The molecule has 0 aromatic rings. The Hall–Kier alpha value is -0.350. The van der Waals surface area contributed by atoms with Crippen molar-refractivity contribution >= 4 is 17.3 Å². The van der Waals surface area contributed by atoms with E-state index in [0.29, 0.717) is 23.4 Å². The maximum absolute atomic E-state index is 5.61. The van der Waals surface area contributed by atoms with Crippen molar-refractivity contribution in [1.29, 1.82) is 0 Å². The molecule has 0 aromatic heterocycles. The zero-order chi connectivity index (χ0) is 7.84. The predicted molar refractivity (Wildman–Crippen MR) is 46.2 cm³/mol. The lowest BCUT2D eigenvalue weighted by atomic mass is 9.96. The van der Waals surface area contributed by atoms with E-state index in [-0.39, 0.29) is 0 Å². The van der Waals surface area contributed by atoms with Crippen LogP contribution in [0.4, 0.5) is 0 Å². The van der Waals surface area contributed by atoms with E-state index in [1.807, 2.05) is 0 Å². The van der Waals surface area contributed by atoms with Crippen molar-refractivity contribution in [3.63, 3.8) is 0 Å². The predicted octanol–water partition coefficient (Wildman–Crippen LogP) is 0.139. The summed E-state index contributed by atoms with van der Waals surface area (Å²) >= 11 is 4.76. The molecule has 2 aliphatic heterocycles. The summed E-state index contributed by atoms with van der Waals surface area (Å²) in [5.74, 6) is 0. The van der Waals surface area contributed by atoms with E-state index in [1.165, 1.54) is 6.42 Å². The van der Waals surface area contributed by atoms with Crippen LogP contribution in [0.5, 0.6) is 0 Å². The standard InChI is InChI=1S/C7H12N2OS/c8-7(11)9-5-3-4-1-2-6(5)10-4/h4-6H,1-3H2,(H3,8,9,11). The van der Waals surface area contributed by atoms with Crippen molar-refractivity contribution in [2.45, 2.75) is 37.5 Å². The summed E-state index contributed by atoms with van der Waals surface area (Å²) in [6.07, 6.45) is 4.26. The van der Waals surface area contributed by atoms with Crippen LogP contribution in [0.15, 0.2) is 0 Å². The minimum absolute atomic E-state index is 0.362. The van der Waals surface area contributed by atoms with Crippen LogP contribution < -0.4 is 11.1 Å². The molecule has 0 aromatic carbocycles. The van der Waals surface area contributed by atoms with Crippen molar-refractivity contribution in [1.82, 2.24) is 5.32 Å². The molecule has 3 atom stereocenters. The van der Waals surface area contributed by atoms with Gasteiger partial charge in [-0.1, -0.05) is 0 Å². The van der Waals surface area contributed by atoms with Gasteiger partial charge < -0.3 is 15.8 Å². The number of thiocarbonyl (C=S) groups is 1. The summed E-state index contributed by atoms with van der Waals surface area (Å²) in [7, 11) is 0. The fourth-order valence-electron chi connectivity index (χ4n) is 1.97. The number of hydrogen-bond donors (Lipinski definition) is 2. The summed E-state index contributed by atoms with van der Waals surface area (Å²) in [6.45, 7) is 0. The molecule has 62 valence electrons. The van der Waals surface area contributed by atoms with Gasteiger partial charge in [0.05, 0.1) is 18.2 Å². The second-order valence-corrected chi connectivity index (χ2v) is 3.66. The summed E-state index contributed by atoms with van der Waals surface area (Å²) in [5.41, 5.74) is 5.37. The molecule has 0 amide bonds. The molecule has 0 spiro atoms.